The fraction of sp³-hybridized carbons (Fsp3) is 0.600. The molecule has 1 aromatic rings. The molecule has 0 fully saturated rings. The van der Waals surface area contributed by atoms with E-state index in [-0.39, 0.29) is 18.3 Å². The molecule has 0 aliphatic rings. The summed E-state index contributed by atoms with van der Waals surface area (Å²) in [5, 5.41) is 0. The van der Waals surface area contributed by atoms with Gasteiger partial charge in [-0.15, -0.1) is 0 Å². The van der Waals surface area contributed by atoms with E-state index in [0.29, 0.717) is 25.0 Å². The van der Waals surface area contributed by atoms with E-state index in [0.717, 1.165) is 0 Å². The lowest BCUT2D eigenvalue weighted by atomic mass is 10.1. The van der Waals surface area contributed by atoms with Crippen LogP contribution in [0.15, 0.2) is 18.3 Å². The number of aromatic nitrogens is 1. The van der Waals surface area contributed by atoms with Gasteiger partial charge in [-0.05, 0) is 11.5 Å². The quantitative estimate of drug-likeness (QED) is 0.678. The Balaban J connectivity index is 2.21. The van der Waals surface area contributed by atoms with Gasteiger partial charge in [-0.3, -0.25) is 4.79 Å². The van der Waals surface area contributed by atoms with E-state index in [1.54, 1.807) is 0 Å². The van der Waals surface area contributed by atoms with Crippen molar-refractivity contribution in [1.29, 1.82) is 0 Å². The minimum Gasteiger partial charge on any atom is -0.475 e. The first kappa shape index (κ1) is 15.6. The number of hydrogen-bond donors (Lipinski definition) is 0. The number of carbonyl (C=O) groups is 1. The summed E-state index contributed by atoms with van der Waals surface area (Å²) in [7, 11) is 0. The SMILES string of the molecule is CC(C)C(=O)COCCOc1ccc(C(C)C)cn1. The van der Waals surface area contributed by atoms with E-state index >= 15 is 0 Å². The lowest BCUT2D eigenvalue weighted by Crippen LogP contribution is -2.17. The molecule has 4 heteroatoms. The predicted molar refractivity (Wildman–Crippen MR) is 74.5 cm³/mol. The Hall–Kier alpha value is -1.42. The number of carbonyl (C=O) groups excluding carboxylic acids is 1. The minimum absolute atomic E-state index is 0.0196. The molecule has 0 aromatic carbocycles. The van der Waals surface area contributed by atoms with Crippen molar-refractivity contribution in [3.05, 3.63) is 23.9 Å². The van der Waals surface area contributed by atoms with Gasteiger partial charge < -0.3 is 9.47 Å². The highest BCUT2D eigenvalue weighted by Gasteiger charge is 2.06. The Bertz CT molecular complexity index is 385. The van der Waals surface area contributed by atoms with Crippen molar-refractivity contribution in [1.82, 2.24) is 4.98 Å². The molecule has 1 rings (SSSR count). The van der Waals surface area contributed by atoms with Crippen LogP contribution < -0.4 is 4.74 Å². The van der Waals surface area contributed by atoms with Crippen molar-refractivity contribution in [3.63, 3.8) is 0 Å². The normalized spacial score (nSPS) is 11.1. The Kier molecular flexibility index (Phi) is 6.50. The minimum atomic E-state index is 0.0196. The number of hydrogen-bond acceptors (Lipinski definition) is 4. The Morgan fingerprint density at radius 2 is 1.95 bits per heavy atom. The summed E-state index contributed by atoms with van der Waals surface area (Å²) in [6.45, 7) is 8.92. The number of nitrogens with zero attached hydrogens (tertiary/aromatic N) is 1. The monoisotopic (exact) mass is 265 g/mol. The Labute approximate surface area is 115 Å². The molecule has 1 heterocycles. The summed E-state index contributed by atoms with van der Waals surface area (Å²) in [6.07, 6.45) is 1.82. The Morgan fingerprint density at radius 3 is 2.47 bits per heavy atom. The fourth-order valence-electron chi connectivity index (χ4n) is 1.36. The molecular weight excluding hydrogens is 242 g/mol. The average molecular weight is 265 g/mol. The highest BCUT2D eigenvalue weighted by atomic mass is 16.5. The lowest BCUT2D eigenvalue weighted by Gasteiger charge is -2.08. The molecule has 0 spiro atoms. The summed E-state index contributed by atoms with van der Waals surface area (Å²) in [5.74, 6) is 1.18. The first-order valence-electron chi connectivity index (χ1n) is 6.70. The summed E-state index contributed by atoms with van der Waals surface area (Å²) in [5.41, 5.74) is 1.19. The summed E-state index contributed by atoms with van der Waals surface area (Å²) in [6, 6.07) is 3.87. The van der Waals surface area contributed by atoms with Crippen LogP contribution in [-0.4, -0.2) is 30.6 Å². The van der Waals surface area contributed by atoms with Crippen LogP contribution in [0.1, 0.15) is 39.2 Å². The third kappa shape index (κ3) is 5.83. The molecular formula is C15H23NO3. The molecule has 0 amide bonds. The van der Waals surface area contributed by atoms with Gasteiger partial charge in [-0.2, -0.15) is 0 Å². The van der Waals surface area contributed by atoms with Crippen LogP contribution in [0.3, 0.4) is 0 Å². The fourth-order valence-corrected chi connectivity index (χ4v) is 1.36. The van der Waals surface area contributed by atoms with E-state index in [9.17, 15) is 4.79 Å². The maximum atomic E-state index is 11.3. The van der Waals surface area contributed by atoms with Gasteiger partial charge in [0.1, 0.15) is 13.2 Å². The second kappa shape index (κ2) is 7.89. The van der Waals surface area contributed by atoms with Crippen molar-refractivity contribution in [2.75, 3.05) is 19.8 Å². The van der Waals surface area contributed by atoms with E-state index < -0.39 is 0 Å². The molecule has 0 saturated heterocycles. The zero-order chi connectivity index (χ0) is 14.3. The first-order chi connectivity index (χ1) is 9.00. The van der Waals surface area contributed by atoms with Crippen LogP contribution in [0.4, 0.5) is 0 Å². The standard InChI is InChI=1S/C15H23NO3/c1-11(2)13-5-6-15(16-9-13)19-8-7-18-10-14(17)12(3)4/h5-6,9,11-12H,7-8,10H2,1-4H3. The van der Waals surface area contributed by atoms with Crippen molar-refractivity contribution < 1.29 is 14.3 Å². The molecule has 106 valence electrons. The number of pyridine rings is 1. The smallest absolute Gasteiger partial charge is 0.213 e. The topological polar surface area (TPSA) is 48.4 Å². The summed E-state index contributed by atoms with van der Waals surface area (Å²) < 4.78 is 10.7. The molecule has 0 unspecified atom stereocenters. The van der Waals surface area contributed by atoms with Crippen LogP contribution in [0.5, 0.6) is 5.88 Å². The van der Waals surface area contributed by atoms with E-state index in [1.165, 1.54) is 5.56 Å². The second-order valence-corrected chi connectivity index (χ2v) is 5.11. The molecule has 0 saturated carbocycles. The van der Waals surface area contributed by atoms with E-state index in [2.05, 4.69) is 18.8 Å². The molecule has 0 bridgehead atoms. The maximum absolute atomic E-state index is 11.3. The van der Waals surface area contributed by atoms with Gasteiger partial charge in [0.2, 0.25) is 5.88 Å². The second-order valence-electron chi connectivity index (χ2n) is 5.11. The molecule has 19 heavy (non-hydrogen) atoms. The van der Waals surface area contributed by atoms with E-state index in [1.807, 2.05) is 32.2 Å². The van der Waals surface area contributed by atoms with Crippen molar-refractivity contribution in [3.8, 4) is 5.88 Å². The highest BCUT2D eigenvalue weighted by Crippen LogP contribution is 2.15. The van der Waals surface area contributed by atoms with Crippen LogP contribution in [0.2, 0.25) is 0 Å². The zero-order valence-electron chi connectivity index (χ0n) is 12.2. The van der Waals surface area contributed by atoms with Gasteiger partial charge in [-0.1, -0.05) is 33.8 Å². The van der Waals surface area contributed by atoms with Gasteiger partial charge in [-0.25, -0.2) is 4.98 Å². The van der Waals surface area contributed by atoms with Crippen molar-refractivity contribution in [2.24, 2.45) is 5.92 Å². The van der Waals surface area contributed by atoms with Gasteiger partial charge in [0, 0.05) is 18.2 Å². The molecule has 1 aromatic heterocycles. The van der Waals surface area contributed by atoms with Gasteiger partial charge in [0.25, 0.3) is 0 Å². The summed E-state index contributed by atoms with van der Waals surface area (Å²) in [4.78, 5) is 15.5. The summed E-state index contributed by atoms with van der Waals surface area (Å²) >= 11 is 0. The number of Topliss-reactive ketones (excluding diaryl/α,β-unsaturated/α-hetero) is 1. The number of ketones is 1. The van der Waals surface area contributed by atoms with Gasteiger partial charge in [0.15, 0.2) is 5.78 Å². The third-order valence-electron chi connectivity index (χ3n) is 2.79. The van der Waals surface area contributed by atoms with Crippen LogP contribution in [0.25, 0.3) is 0 Å². The van der Waals surface area contributed by atoms with Gasteiger partial charge >= 0.3 is 0 Å². The van der Waals surface area contributed by atoms with Gasteiger partial charge in [0.05, 0.1) is 6.61 Å². The van der Waals surface area contributed by atoms with Crippen LogP contribution in [-0.2, 0) is 9.53 Å². The average Bonchev–Trinajstić information content (AvgIpc) is 2.38. The van der Waals surface area contributed by atoms with Crippen LogP contribution >= 0.6 is 0 Å². The molecule has 0 radical (unpaired) electrons. The number of ether oxygens (including phenoxy) is 2. The third-order valence-corrected chi connectivity index (χ3v) is 2.79. The predicted octanol–water partition coefficient (Wildman–Crippen LogP) is 2.83. The van der Waals surface area contributed by atoms with Crippen LogP contribution in [0, 0.1) is 5.92 Å². The molecule has 0 atom stereocenters. The molecule has 0 aliphatic carbocycles. The Morgan fingerprint density at radius 1 is 1.21 bits per heavy atom. The largest absolute Gasteiger partial charge is 0.475 e. The highest BCUT2D eigenvalue weighted by molar-refractivity contribution is 5.81. The van der Waals surface area contributed by atoms with Crippen molar-refractivity contribution >= 4 is 5.78 Å². The lowest BCUT2D eigenvalue weighted by molar-refractivity contribution is -0.126. The van der Waals surface area contributed by atoms with Crippen molar-refractivity contribution in [2.45, 2.75) is 33.6 Å². The van der Waals surface area contributed by atoms with E-state index in [4.69, 9.17) is 9.47 Å². The zero-order valence-corrected chi connectivity index (χ0v) is 12.2. The molecule has 4 nitrogen and oxygen atoms in total. The molecule has 0 N–H and O–H groups in total. The number of rotatable bonds is 8. The first-order valence-corrected chi connectivity index (χ1v) is 6.70. The molecule has 0 aliphatic heterocycles. The maximum Gasteiger partial charge on any atom is 0.213 e.